The molecule has 0 atom stereocenters. The molecule has 2 aliphatic carbocycles. The Balaban J connectivity index is 1.64. The van der Waals surface area contributed by atoms with Gasteiger partial charge in [-0.25, -0.2) is 4.39 Å². The Labute approximate surface area is 161 Å². The summed E-state index contributed by atoms with van der Waals surface area (Å²) in [6.07, 6.45) is 4.77. The number of hydrogen-bond donors (Lipinski definition) is 0. The Morgan fingerprint density at radius 1 is 1.26 bits per heavy atom. The molecule has 2 fully saturated rings. The minimum Gasteiger partial charge on any atom is -0.467 e. The number of rotatable bonds is 5. The minimum absolute atomic E-state index is 0.0823. The van der Waals surface area contributed by atoms with Crippen LogP contribution in [0.1, 0.15) is 48.3 Å². The first-order valence-electron chi connectivity index (χ1n) is 9.24. The number of fused-ring (bicyclic) bond motifs is 1. The summed E-state index contributed by atoms with van der Waals surface area (Å²) in [5.74, 6) is 0.614. The topological polar surface area (TPSA) is 53.5 Å². The van der Waals surface area contributed by atoms with Crippen molar-refractivity contribution in [2.45, 2.75) is 50.2 Å². The SMILES string of the molecule is COCOc1cc(C2CC2)c(F)cc1-c1nnc(Cl)c2c1CC1(CC1)OC2. The van der Waals surface area contributed by atoms with Crippen LogP contribution in [0.4, 0.5) is 4.39 Å². The molecule has 2 aromatic rings. The zero-order valence-corrected chi connectivity index (χ0v) is 15.8. The van der Waals surface area contributed by atoms with E-state index in [4.69, 9.17) is 25.8 Å². The highest BCUT2D eigenvalue weighted by Gasteiger charge is 2.48. The number of nitrogens with zero attached hydrogens (tertiary/aromatic N) is 2. The molecular formula is C20H20ClFN2O3. The summed E-state index contributed by atoms with van der Waals surface area (Å²) in [6.45, 7) is 0.493. The van der Waals surface area contributed by atoms with Crippen LogP contribution in [0.2, 0.25) is 5.15 Å². The Kier molecular flexibility index (Phi) is 4.11. The van der Waals surface area contributed by atoms with E-state index < -0.39 is 0 Å². The minimum atomic E-state index is -0.226. The molecule has 0 N–H and O–H groups in total. The number of benzene rings is 1. The highest BCUT2D eigenvalue weighted by molar-refractivity contribution is 6.30. The van der Waals surface area contributed by atoms with Crippen molar-refractivity contribution in [3.8, 4) is 17.0 Å². The van der Waals surface area contributed by atoms with E-state index in [-0.39, 0.29) is 24.1 Å². The molecule has 0 bridgehead atoms. The number of aromatic nitrogens is 2. The van der Waals surface area contributed by atoms with Crippen LogP contribution in [0.15, 0.2) is 12.1 Å². The first-order valence-corrected chi connectivity index (χ1v) is 9.61. The van der Waals surface area contributed by atoms with Gasteiger partial charge in [0.25, 0.3) is 0 Å². The average molecular weight is 391 g/mol. The van der Waals surface area contributed by atoms with Gasteiger partial charge in [0.1, 0.15) is 17.3 Å². The van der Waals surface area contributed by atoms with Crippen LogP contribution in [0.5, 0.6) is 5.75 Å². The van der Waals surface area contributed by atoms with Gasteiger partial charge in [-0.2, -0.15) is 0 Å². The highest BCUT2D eigenvalue weighted by Crippen LogP contribution is 2.50. The van der Waals surface area contributed by atoms with Crippen LogP contribution in [-0.2, 0) is 22.5 Å². The summed E-state index contributed by atoms with van der Waals surface area (Å²) >= 11 is 6.27. The van der Waals surface area contributed by atoms with Crippen molar-refractivity contribution in [1.82, 2.24) is 10.2 Å². The third-order valence-electron chi connectivity index (χ3n) is 5.67. The maximum absolute atomic E-state index is 14.8. The molecule has 0 amide bonds. The summed E-state index contributed by atoms with van der Waals surface area (Å²) in [6, 6.07) is 3.31. The molecule has 0 unspecified atom stereocenters. The Hall–Kier alpha value is -1.76. The third-order valence-corrected chi connectivity index (χ3v) is 5.97. The van der Waals surface area contributed by atoms with Gasteiger partial charge in [-0.15, -0.1) is 10.2 Å². The smallest absolute Gasteiger partial charge is 0.188 e. The van der Waals surface area contributed by atoms with Crippen molar-refractivity contribution >= 4 is 11.6 Å². The lowest BCUT2D eigenvalue weighted by Gasteiger charge is -2.27. The fraction of sp³-hybridized carbons (Fsp3) is 0.500. The standard InChI is InChI=1S/C20H20ClFN2O3/c1-25-10-26-17-7-12(11-2-3-11)16(22)6-13(17)18-14-8-20(4-5-20)27-9-15(14)19(21)24-23-18/h6-7,11H,2-5,8-10H2,1H3. The monoisotopic (exact) mass is 390 g/mol. The maximum atomic E-state index is 14.8. The molecule has 5 rings (SSSR count). The van der Waals surface area contributed by atoms with Crippen LogP contribution < -0.4 is 4.74 Å². The lowest BCUT2D eigenvalue weighted by Crippen LogP contribution is -2.25. The van der Waals surface area contributed by atoms with E-state index in [2.05, 4.69) is 10.2 Å². The van der Waals surface area contributed by atoms with Gasteiger partial charge in [-0.05, 0) is 54.9 Å². The molecule has 2 saturated carbocycles. The first-order chi connectivity index (χ1) is 13.1. The summed E-state index contributed by atoms with van der Waals surface area (Å²) < 4.78 is 31.6. The molecule has 0 saturated heterocycles. The first kappa shape index (κ1) is 17.3. The summed E-state index contributed by atoms with van der Waals surface area (Å²) in [7, 11) is 1.56. The summed E-state index contributed by atoms with van der Waals surface area (Å²) in [4.78, 5) is 0. The molecule has 1 spiro atoms. The van der Waals surface area contributed by atoms with Crippen LogP contribution in [0, 0.1) is 5.82 Å². The van der Waals surface area contributed by atoms with Gasteiger partial charge in [0.15, 0.2) is 11.9 Å². The lowest BCUT2D eigenvalue weighted by atomic mass is 9.93. The largest absolute Gasteiger partial charge is 0.467 e. The number of ether oxygens (including phenoxy) is 3. The highest BCUT2D eigenvalue weighted by atomic mass is 35.5. The molecular weight excluding hydrogens is 371 g/mol. The average Bonchev–Trinajstić information content (AvgIpc) is 3.58. The molecule has 1 aromatic carbocycles. The summed E-state index contributed by atoms with van der Waals surface area (Å²) in [5, 5.41) is 8.76. The molecule has 142 valence electrons. The van der Waals surface area contributed by atoms with Crippen molar-refractivity contribution in [3.63, 3.8) is 0 Å². The molecule has 2 heterocycles. The molecule has 5 nitrogen and oxygen atoms in total. The molecule has 0 radical (unpaired) electrons. The van der Waals surface area contributed by atoms with Gasteiger partial charge in [0.05, 0.1) is 12.2 Å². The Bertz CT molecular complexity index is 913. The van der Waals surface area contributed by atoms with Crippen molar-refractivity contribution in [2.75, 3.05) is 13.9 Å². The van der Waals surface area contributed by atoms with Gasteiger partial charge in [-0.3, -0.25) is 0 Å². The van der Waals surface area contributed by atoms with Crippen molar-refractivity contribution in [2.24, 2.45) is 0 Å². The van der Waals surface area contributed by atoms with E-state index in [1.807, 2.05) is 0 Å². The quantitative estimate of drug-likeness (QED) is 0.708. The molecule has 3 aliphatic rings. The second-order valence-corrected chi connectivity index (χ2v) is 8.00. The van der Waals surface area contributed by atoms with Crippen molar-refractivity contribution < 1.29 is 18.6 Å². The van der Waals surface area contributed by atoms with Crippen LogP contribution in [-0.4, -0.2) is 29.7 Å². The van der Waals surface area contributed by atoms with Crippen molar-refractivity contribution in [1.29, 1.82) is 0 Å². The van der Waals surface area contributed by atoms with Gasteiger partial charge < -0.3 is 14.2 Å². The van der Waals surface area contributed by atoms with Gasteiger partial charge in [0.2, 0.25) is 0 Å². The fourth-order valence-electron chi connectivity index (χ4n) is 3.80. The van der Waals surface area contributed by atoms with E-state index in [9.17, 15) is 4.39 Å². The molecule has 27 heavy (non-hydrogen) atoms. The third kappa shape index (κ3) is 3.10. The lowest BCUT2D eigenvalue weighted by molar-refractivity contribution is 0.00796. The van der Waals surface area contributed by atoms with Gasteiger partial charge >= 0.3 is 0 Å². The Morgan fingerprint density at radius 2 is 2.07 bits per heavy atom. The summed E-state index contributed by atoms with van der Waals surface area (Å²) in [5.41, 5.74) is 3.61. The second kappa shape index (κ2) is 6.40. The van der Waals surface area contributed by atoms with Crippen LogP contribution in [0.3, 0.4) is 0 Å². The van der Waals surface area contributed by atoms with E-state index in [0.29, 0.717) is 40.8 Å². The zero-order valence-electron chi connectivity index (χ0n) is 15.1. The van der Waals surface area contributed by atoms with Crippen LogP contribution >= 0.6 is 11.6 Å². The molecule has 1 aliphatic heterocycles. The number of hydrogen-bond acceptors (Lipinski definition) is 5. The predicted molar refractivity (Wildman–Crippen MR) is 97.4 cm³/mol. The van der Waals surface area contributed by atoms with E-state index in [1.54, 1.807) is 13.2 Å². The maximum Gasteiger partial charge on any atom is 0.188 e. The number of halogens is 2. The van der Waals surface area contributed by atoms with Crippen LogP contribution in [0.25, 0.3) is 11.3 Å². The second-order valence-electron chi connectivity index (χ2n) is 7.64. The number of methoxy groups -OCH3 is 1. The fourth-order valence-corrected chi connectivity index (χ4v) is 4.00. The molecule has 1 aromatic heterocycles. The Morgan fingerprint density at radius 3 is 2.78 bits per heavy atom. The van der Waals surface area contributed by atoms with Gasteiger partial charge in [0, 0.05) is 24.7 Å². The van der Waals surface area contributed by atoms with E-state index >= 15 is 0 Å². The van der Waals surface area contributed by atoms with Gasteiger partial charge in [-0.1, -0.05) is 11.6 Å². The van der Waals surface area contributed by atoms with E-state index in [0.717, 1.165) is 36.8 Å². The predicted octanol–water partition coefficient (Wildman–Crippen LogP) is 4.40. The normalized spacial score (nSPS) is 19.8. The molecule has 7 heteroatoms. The van der Waals surface area contributed by atoms with Crippen molar-refractivity contribution in [3.05, 3.63) is 39.8 Å². The zero-order chi connectivity index (χ0) is 18.6. The van der Waals surface area contributed by atoms with E-state index in [1.165, 1.54) is 6.07 Å².